The van der Waals surface area contributed by atoms with Gasteiger partial charge in [0.15, 0.2) is 0 Å². The van der Waals surface area contributed by atoms with Crippen LogP contribution in [-0.4, -0.2) is 61.0 Å². The second-order valence-electron chi connectivity index (χ2n) is 6.79. The average molecular weight is 279 g/mol. The third-order valence-corrected chi connectivity index (χ3v) is 5.29. The topological polar surface area (TPSA) is 35.6 Å². The van der Waals surface area contributed by atoms with E-state index in [0.29, 0.717) is 11.9 Å². The van der Waals surface area contributed by atoms with Crippen molar-refractivity contribution in [2.24, 2.45) is 5.92 Å². The van der Waals surface area contributed by atoms with Crippen LogP contribution in [0.3, 0.4) is 0 Å². The molecule has 2 unspecified atom stereocenters. The lowest BCUT2D eigenvalue weighted by atomic mass is 10.0. The minimum atomic E-state index is 0.415. The maximum atomic E-state index is 12.5. The molecule has 0 aliphatic carbocycles. The summed E-state index contributed by atoms with van der Waals surface area (Å²) in [5.41, 5.74) is 0. The third kappa shape index (κ3) is 3.53. The summed E-state index contributed by atoms with van der Waals surface area (Å²) in [6.45, 7) is 6.86. The van der Waals surface area contributed by atoms with E-state index in [2.05, 4.69) is 15.1 Å². The zero-order chi connectivity index (χ0) is 13.8. The van der Waals surface area contributed by atoms with Gasteiger partial charge in [0.25, 0.3) is 0 Å². The second kappa shape index (κ2) is 6.90. The van der Waals surface area contributed by atoms with Crippen LogP contribution in [-0.2, 0) is 4.79 Å². The highest BCUT2D eigenvalue weighted by Gasteiger charge is 2.30. The lowest BCUT2D eigenvalue weighted by Gasteiger charge is -2.29. The second-order valence-corrected chi connectivity index (χ2v) is 6.79. The summed E-state index contributed by atoms with van der Waals surface area (Å²) in [5, 5.41) is 3.39. The van der Waals surface area contributed by atoms with E-state index in [4.69, 9.17) is 0 Å². The van der Waals surface area contributed by atoms with Crippen LogP contribution >= 0.6 is 0 Å². The number of hydrogen-bond acceptors (Lipinski definition) is 3. The fourth-order valence-corrected chi connectivity index (χ4v) is 4.05. The molecule has 0 aromatic carbocycles. The van der Waals surface area contributed by atoms with Crippen LogP contribution in [0.5, 0.6) is 0 Å². The van der Waals surface area contributed by atoms with Crippen LogP contribution in [0.25, 0.3) is 0 Å². The summed E-state index contributed by atoms with van der Waals surface area (Å²) in [5.74, 6) is 1.15. The van der Waals surface area contributed by atoms with Crippen molar-refractivity contribution in [3.8, 4) is 0 Å². The number of hydrogen-bond donors (Lipinski definition) is 1. The summed E-state index contributed by atoms with van der Waals surface area (Å²) in [6.07, 6.45) is 8.21. The van der Waals surface area contributed by atoms with Crippen LogP contribution in [0.2, 0.25) is 0 Å². The first-order valence-electron chi connectivity index (χ1n) is 8.55. The summed E-state index contributed by atoms with van der Waals surface area (Å²) in [7, 11) is 0. The van der Waals surface area contributed by atoms with Crippen molar-refractivity contribution in [2.75, 3.05) is 39.3 Å². The van der Waals surface area contributed by atoms with Crippen LogP contribution < -0.4 is 5.32 Å². The van der Waals surface area contributed by atoms with E-state index in [1.807, 2.05) is 0 Å². The maximum Gasteiger partial charge on any atom is 0.222 e. The van der Waals surface area contributed by atoms with E-state index in [9.17, 15) is 4.79 Å². The Morgan fingerprint density at radius 3 is 2.70 bits per heavy atom. The molecule has 4 nitrogen and oxygen atoms in total. The standard InChI is InChI=1S/C16H29N3O/c20-16(6-5-14-7-8-17-12-14)19-11-3-4-15(19)13-18-9-1-2-10-18/h14-15,17H,1-13H2. The quantitative estimate of drug-likeness (QED) is 0.827. The highest BCUT2D eigenvalue weighted by molar-refractivity contribution is 5.76. The Morgan fingerprint density at radius 2 is 1.95 bits per heavy atom. The normalized spacial score (nSPS) is 31.3. The van der Waals surface area contributed by atoms with E-state index in [-0.39, 0.29) is 0 Å². The van der Waals surface area contributed by atoms with Crippen LogP contribution in [0.15, 0.2) is 0 Å². The highest BCUT2D eigenvalue weighted by Crippen LogP contribution is 2.23. The van der Waals surface area contributed by atoms with Gasteiger partial charge in [-0.3, -0.25) is 4.79 Å². The number of nitrogens with zero attached hydrogens (tertiary/aromatic N) is 2. The Labute approximate surface area is 122 Å². The zero-order valence-corrected chi connectivity index (χ0v) is 12.6. The Kier molecular flexibility index (Phi) is 4.94. The SMILES string of the molecule is O=C(CCC1CCNC1)N1CCCC1CN1CCCC1. The van der Waals surface area contributed by atoms with Gasteiger partial charge in [0.1, 0.15) is 0 Å². The van der Waals surface area contributed by atoms with E-state index >= 15 is 0 Å². The smallest absolute Gasteiger partial charge is 0.222 e. The fourth-order valence-electron chi connectivity index (χ4n) is 4.05. The molecular weight excluding hydrogens is 250 g/mol. The van der Waals surface area contributed by atoms with E-state index in [1.165, 1.54) is 45.2 Å². The number of rotatable bonds is 5. The van der Waals surface area contributed by atoms with Gasteiger partial charge in [-0.05, 0) is 70.6 Å². The summed E-state index contributed by atoms with van der Waals surface area (Å²) < 4.78 is 0. The van der Waals surface area contributed by atoms with Crippen molar-refractivity contribution in [1.29, 1.82) is 0 Å². The first-order valence-corrected chi connectivity index (χ1v) is 8.55. The summed E-state index contributed by atoms with van der Waals surface area (Å²) in [4.78, 5) is 17.2. The van der Waals surface area contributed by atoms with E-state index < -0.39 is 0 Å². The van der Waals surface area contributed by atoms with Gasteiger partial charge in [-0.2, -0.15) is 0 Å². The minimum Gasteiger partial charge on any atom is -0.338 e. The molecule has 3 heterocycles. The first kappa shape index (κ1) is 14.3. The Morgan fingerprint density at radius 1 is 1.10 bits per heavy atom. The molecule has 0 aromatic rings. The van der Waals surface area contributed by atoms with Crippen LogP contribution in [0.1, 0.15) is 44.9 Å². The first-order chi connectivity index (χ1) is 9.83. The highest BCUT2D eigenvalue weighted by atomic mass is 16.2. The Balaban J connectivity index is 1.45. The van der Waals surface area contributed by atoms with Gasteiger partial charge in [-0.1, -0.05) is 0 Å². The average Bonchev–Trinajstić information content (AvgIpc) is 3.19. The van der Waals surface area contributed by atoms with E-state index in [1.54, 1.807) is 0 Å². The Hall–Kier alpha value is -0.610. The van der Waals surface area contributed by atoms with Crippen molar-refractivity contribution >= 4 is 5.91 Å². The molecule has 0 spiro atoms. The molecule has 0 aromatic heterocycles. The maximum absolute atomic E-state index is 12.5. The van der Waals surface area contributed by atoms with Gasteiger partial charge in [-0.15, -0.1) is 0 Å². The molecule has 0 saturated carbocycles. The summed E-state index contributed by atoms with van der Waals surface area (Å²) in [6, 6.07) is 0.502. The van der Waals surface area contributed by atoms with Gasteiger partial charge < -0.3 is 15.1 Å². The molecule has 3 aliphatic heterocycles. The molecule has 2 atom stereocenters. The molecule has 3 aliphatic rings. The molecule has 114 valence electrons. The number of carbonyl (C=O) groups excluding carboxylic acids is 1. The molecule has 4 heteroatoms. The van der Waals surface area contributed by atoms with Crippen molar-refractivity contribution in [3.05, 3.63) is 0 Å². The van der Waals surface area contributed by atoms with Gasteiger partial charge in [0.2, 0.25) is 5.91 Å². The van der Waals surface area contributed by atoms with Crippen molar-refractivity contribution in [1.82, 2.24) is 15.1 Å². The van der Waals surface area contributed by atoms with Crippen molar-refractivity contribution < 1.29 is 4.79 Å². The fraction of sp³-hybridized carbons (Fsp3) is 0.938. The summed E-state index contributed by atoms with van der Waals surface area (Å²) >= 11 is 0. The largest absolute Gasteiger partial charge is 0.338 e. The molecule has 3 saturated heterocycles. The molecule has 3 fully saturated rings. The molecule has 1 N–H and O–H groups in total. The lowest BCUT2D eigenvalue weighted by Crippen LogP contribution is -2.42. The minimum absolute atomic E-state index is 0.415. The van der Waals surface area contributed by atoms with E-state index in [0.717, 1.165) is 44.9 Å². The lowest BCUT2D eigenvalue weighted by molar-refractivity contribution is -0.132. The third-order valence-electron chi connectivity index (χ3n) is 5.29. The predicted octanol–water partition coefficient (Wildman–Crippen LogP) is 1.46. The van der Waals surface area contributed by atoms with Crippen molar-refractivity contribution in [2.45, 2.75) is 51.0 Å². The zero-order valence-electron chi connectivity index (χ0n) is 12.6. The Bertz CT molecular complexity index is 322. The number of carbonyl (C=O) groups is 1. The van der Waals surface area contributed by atoms with Gasteiger partial charge in [0.05, 0.1) is 0 Å². The molecule has 0 bridgehead atoms. The van der Waals surface area contributed by atoms with Gasteiger partial charge in [-0.25, -0.2) is 0 Å². The van der Waals surface area contributed by atoms with Crippen molar-refractivity contribution in [3.63, 3.8) is 0 Å². The molecule has 20 heavy (non-hydrogen) atoms. The molecular formula is C16H29N3O. The van der Waals surface area contributed by atoms with Gasteiger partial charge in [0, 0.05) is 25.6 Å². The molecule has 3 rings (SSSR count). The van der Waals surface area contributed by atoms with Crippen LogP contribution in [0.4, 0.5) is 0 Å². The van der Waals surface area contributed by atoms with Gasteiger partial charge >= 0.3 is 0 Å². The molecule has 1 amide bonds. The number of amides is 1. The number of nitrogens with one attached hydrogen (secondary N) is 1. The number of likely N-dealkylation sites (tertiary alicyclic amines) is 2. The van der Waals surface area contributed by atoms with Crippen LogP contribution in [0, 0.1) is 5.92 Å². The monoisotopic (exact) mass is 279 g/mol. The predicted molar refractivity (Wildman–Crippen MR) is 80.6 cm³/mol. The molecule has 0 radical (unpaired) electrons.